The van der Waals surface area contributed by atoms with Gasteiger partial charge >= 0.3 is 0 Å². The molecule has 104 valence electrons. The van der Waals surface area contributed by atoms with E-state index >= 15 is 0 Å². The number of aryl methyl sites for hydroxylation is 1. The lowest BCUT2D eigenvalue weighted by atomic mass is 9.99. The standard InChI is InChI=1S/C16H14ClFO2/c1-10-8-12(18)3-4-13(10)16(17)11-2-5-14-15(9-11)20-7-6-19-14/h2-5,8-9,16H,6-7H2,1H3. The van der Waals surface area contributed by atoms with Gasteiger partial charge in [0.15, 0.2) is 11.5 Å². The predicted molar refractivity (Wildman–Crippen MR) is 76.3 cm³/mol. The first-order chi connectivity index (χ1) is 9.65. The Balaban J connectivity index is 1.95. The van der Waals surface area contributed by atoms with E-state index in [1.54, 1.807) is 6.07 Å². The van der Waals surface area contributed by atoms with E-state index in [0.29, 0.717) is 19.0 Å². The quantitative estimate of drug-likeness (QED) is 0.771. The molecule has 1 atom stereocenters. The van der Waals surface area contributed by atoms with Gasteiger partial charge in [0.05, 0.1) is 5.38 Å². The normalized spacial score (nSPS) is 14.9. The Labute approximate surface area is 122 Å². The molecule has 0 saturated heterocycles. The third kappa shape index (κ3) is 2.46. The summed E-state index contributed by atoms with van der Waals surface area (Å²) in [7, 11) is 0. The largest absolute Gasteiger partial charge is 0.486 e. The molecule has 20 heavy (non-hydrogen) atoms. The van der Waals surface area contributed by atoms with Gasteiger partial charge in [-0.1, -0.05) is 12.1 Å². The van der Waals surface area contributed by atoms with Crippen molar-refractivity contribution < 1.29 is 13.9 Å². The number of halogens is 2. The molecule has 0 saturated carbocycles. The van der Waals surface area contributed by atoms with Crippen LogP contribution in [-0.2, 0) is 0 Å². The van der Waals surface area contributed by atoms with Gasteiger partial charge < -0.3 is 9.47 Å². The van der Waals surface area contributed by atoms with E-state index in [2.05, 4.69) is 0 Å². The first kappa shape index (κ1) is 13.3. The van der Waals surface area contributed by atoms with Crippen molar-refractivity contribution in [3.8, 4) is 11.5 Å². The average Bonchev–Trinajstić information content (AvgIpc) is 2.46. The summed E-state index contributed by atoms with van der Waals surface area (Å²) in [5, 5.41) is -0.341. The van der Waals surface area contributed by atoms with Crippen molar-refractivity contribution in [3.63, 3.8) is 0 Å². The van der Waals surface area contributed by atoms with Gasteiger partial charge in [0.2, 0.25) is 0 Å². The van der Waals surface area contributed by atoms with Crippen LogP contribution in [0.25, 0.3) is 0 Å². The molecule has 2 aromatic rings. The van der Waals surface area contributed by atoms with Crippen molar-refractivity contribution in [2.24, 2.45) is 0 Å². The predicted octanol–water partition coefficient (Wildman–Crippen LogP) is 4.23. The van der Waals surface area contributed by atoms with Crippen molar-refractivity contribution in [1.29, 1.82) is 0 Å². The average molecular weight is 293 g/mol. The number of rotatable bonds is 2. The van der Waals surface area contributed by atoms with Crippen LogP contribution >= 0.6 is 11.6 Å². The SMILES string of the molecule is Cc1cc(F)ccc1C(Cl)c1ccc2c(c1)OCCO2. The van der Waals surface area contributed by atoms with E-state index in [0.717, 1.165) is 22.4 Å². The van der Waals surface area contributed by atoms with Crippen LogP contribution in [0.4, 0.5) is 4.39 Å². The molecule has 3 rings (SSSR count). The van der Waals surface area contributed by atoms with E-state index in [-0.39, 0.29) is 11.2 Å². The Morgan fingerprint density at radius 3 is 2.55 bits per heavy atom. The van der Waals surface area contributed by atoms with Gasteiger partial charge in [0.25, 0.3) is 0 Å². The molecule has 0 N–H and O–H groups in total. The number of benzene rings is 2. The first-order valence-electron chi connectivity index (χ1n) is 6.45. The highest BCUT2D eigenvalue weighted by Gasteiger charge is 2.18. The molecule has 4 heteroatoms. The molecule has 0 radical (unpaired) electrons. The Bertz CT molecular complexity index is 642. The molecule has 0 spiro atoms. The van der Waals surface area contributed by atoms with Crippen molar-refractivity contribution in [1.82, 2.24) is 0 Å². The third-order valence-corrected chi connectivity index (χ3v) is 3.85. The van der Waals surface area contributed by atoms with E-state index < -0.39 is 0 Å². The maximum atomic E-state index is 13.2. The van der Waals surface area contributed by atoms with Crippen LogP contribution in [0.2, 0.25) is 0 Å². The number of hydrogen-bond acceptors (Lipinski definition) is 2. The highest BCUT2D eigenvalue weighted by Crippen LogP contribution is 2.37. The van der Waals surface area contributed by atoms with Crippen LogP contribution in [0, 0.1) is 12.7 Å². The fourth-order valence-electron chi connectivity index (χ4n) is 2.32. The van der Waals surface area contributed by atoms with Gasteiger partial charge in [0.1, 0.15) is 19.0 Å². The van der Waals surface area contributed by atoms with Crippen LogP contribution < -0.4 is 9.47 Å². The van der Waals surface area contributed by atoms with E-state index in [4.69, 9.17) is 21.1 Å². The summed E-state index contributed by atoms with van der Waals surface area (Å²) in [5.74, 6) is 1.19. The fourth-order valence-corrected chi connectivity index (χ4v) is 2.70. The van der Waals surface area contributed by atoms with E-state index in [1.807, 2.05) is 25.1 Å². The fraction of sp³-hybridized carbons (Fsp3) is 0.250. The Morgan fingerprint density at radius 2 is 1.80 bits per heavy atom. The second-order valence-corrected chi connectivity index (χ2v) is 5.20. The van der Waals surface area contributed by atoms with Crippen LogP contribution in [0.3, 0.4) is 0 Å². The summed E-state index contributed by atoms with van der Waals surface area (Å²) in [4.78, 5) is 0. The molecule has 0 aromatic heterocycles. The topological polar surface area (TPSA) is 18.5 Å². The van der Waals surface area contributed by atoms with Crippen LogP contribution in [0.1, 0.15) is 22.1 Å². The lowest BCUT2D eigenvalue weighted by molar-refractivity contribution is 0.171. The molecule has 1 aliphatic rings. The summed E-state index contributed by atoms with van der Waals surface area (Å²) in [6.07, 6.45) is 0. The summed E-state index contributed by atoms with van der Waals surface area (Å²) in [6, 6.07) is 10.3. The van der Waals surface area contributed by atoms with Gasteiger partial charge in [-0.3, -0.25) is 0 Å². The van der Waals surface area contributed by atoms with Gasteiger partial charge in [-0.25, -0.2) is 4.39 Å². The monoisotopic (exact) mass is 292 g/mol. The minimum atomic E-state index is -0.341. The van der Waals surface area contributed by atoms with E-state index in [1.165, 1.54) is 12.1 Å². The number of ether oxygens (including phenoxy) is 2. The Hall–Kier alpha value is -1.74. The highest BCUT2D eigenvalue weighted by atomic mass is 35.5. The molecule has 2 aromatic carbocycles. The maximum Gasteiger partial charge on any atom is 0.161 e. The zero-order chi connectivity index (χ0) is 14.1. The van der Waals surface area contributed by atoms with Crippen LogP contribution in [-0.4, -0.2) is 13.2 Å². The first-order valence-corrected chi connectivity index (χ1v) is 6.88. The van der Waals surface area contributed by atoms with Crippen molar-refractivity contribution in [2.45, 2.75) is 12.3 Å². The molecule has 0 amide bonds. The van der Waals surface area contributed by atoms with Gasteiger partial charge in [-0.2, -0.15) is 0 Å². The molecule has 0 aliphatic carbocycles. The molecule has 0 bridgehead atoms. The smallest absolute Gasteiger partial charge is 0.161 e. The second kappa shape index (κ2) is 5.33. The second-order valence-electron chi connectivity index (χ2n) is 4.77. The maximum absolute atomic E-state index is 13.2. The zero-order valence-corrected chi connectivity index (χ0v) is 11.8. The van der Waals surface area contributed by atoms with Crippen molar-refractivity contribution in [2.75, 3.05) is 13.2 Å². The van der Waals surface area contributed by atoms with Crippen molar-refractivity contribution in [3.05, 3.63) is 58.9 Å². The molecule has 1 aliphatic heterocycles. The number of alkyl halides is 1. The number of hydrogen-bond donors (Lipinski definition) is 0. The Kier molecular flexibility index (Phi) is 3.53. The molecular weight excluding hydrogens is 279 g/mol. The van der Waals surface area contributed by atoms with E-state index in [9.17, 15) is 4.39 Å². The Morgan fingerprint density at radius 1 is 1.05 bits per heavy atom. The molecule has 0 fully saturated rings. The highest BCUT2D eigenvalue weighted by molar-refractivity contribution is 6.22. The third-order valence-electron chi connectivity index (χ3n) is 3.36. The molecule has 1 heterocycles. The minimum Gasteiger partial charge on any atom is -0.486 e. The molecular formula is C16H14ClFO2. The van der Waals surface area contributed by atoms with Gasteiger partial charge in [0, 0.05) is 0 Å². The summed E-state index contributed by atoms with van der Waals surface area (Å²) in [6.45, 7) is 2.96. The number of fused-ring (bicyclic) bond motifs is 1. The van der Waals surface area contributed by atoms with Crippen LogP contribution in [0.5, 0.6) is 11.5 Å². The minimum absolute atomic E-state index is 0.253. The molecule has 1 unspecified atom stereocenters. The summed E-state index contributed by atoms with van der Waals surface area (Å²) >= 11 is 6.51. The van der Waals surface area contributed by atoms with Gasteiger partial charge in [-0.05, 0) is 47.9 Å². The molecule has 2 nitrogen and oxygen atoms in total. The lowest BCUT2D eigenvalue weighted by Gasteiger charge is -2.20. The summed E-state index contributed by atoms with van der Waals surface area (Å²) < 4.78 is 24.2. The van der Waals surface area contributed by atoms with Crippen LogP contribution in [0.15, 0.2) is 36.4 Å². The summed E-state index contributed by atoms with van der Waals surface area (Å²) in [5.41, 5.74) is 2.63. The van der Waals surface area contributed by atoms with Gasteiger partial charge in [-0.15, -0.1) is 11.6 Å². The lowest BCUT2D eigenvalue weighted by Crippen LogP contribution is -2.15. The van der Waals surface area contributed by atoms with Crippen molar-refractivity contribution >= 4 is 11.6 Å². The zero-order valence-electron chi connectivity index (χ0n) is 11.0.